The Bertz CT molecular complexity index is 1900. The standard InChI is InChI=1S/C31H28N3O/c1-18-8-11-22-23-14-25(33)24(17-32)28(19-9-10-20-15-31(2,3)16-21(20)13-19)30(23)35-29(22)27(18)26-7-5-6-12-34(26)4/h5-14H,15-16,33H2,1-4H3/q+1/i15D2,16D2. The van der Waals surface area contributed by atoms with Gasteiger partial charge in [-0.2, -0.15) is 5.26 Å². The SMILES string of the molecule is [2H]C1([2H])c2ccc(-c3c(C#N)c(N)cc4c3oc3c(-c5cccc[n+]5C)c(C)ccc34)cc2C([2H])([2H])C1(C)C. The maximum atomic E-state index is 10.2. The van der Waals surface area contributed by atoms with Gasteiger partial charge >= 0.3 is 0 Å². The average Bonchev–Trinajstić information content (AvgIpc) is 3.29. The topological polar surface area (TPSA) is 66.8 Å². The lowest BCUT2D eigenvalue weighted by Crippen LogP contribution is -2.30. The lowest BCUT2D eigenvalue weighted by atomic mass is 9.90. The number of rotatable bonds is 2. The van der Waals surface area contributed by atoms with Gasteiger partial charge in [-0.3, -0.25) is 0 Å². The molecule has 0 aliphatic heterocycles. The summed E-state index contributed by atoms with van der Waals surface area (Å²) < 4.78 is 43.8. The molecule has 0 radical (unpaired) electrons. The van der Waals surface area contributed by atoms with E-state index in [2.05, 4.69) is 6.07 Å². The molecule has 4 nitrogen and oxygen atoms in total. The van der Waals surface area contributed by atoms with E-state index in [0.717, 1.165) is 27.6 Å². The Morgan fingerprint density at radius 1 is 1.00 bits per heavy atom. The van der Waals surface area contributed by atoms with Crippen molar-refractivity contribution < 1.29 is 14.5 Å². The van der Waals surface area contributed by atoms with Crippen LogP contribution in [-0.4, -0.2) is 0 Å². The van der Waals surface area contributed by atoms with Crippen molar-refractivity contribution in [2.24, 2.45) is 12.5 Å². The van der Waals surface area contributed by atoms with Crippen LogP contribution in [0.2, 0.25) is 0 Å². The molecule has 0 spiro atoms. The Labute approximate surface area is 210 Å². The number of aryl methyl sites for hydroxylation is 2. The van der Waals surface area contributed by atoms with Crippen molar-refractivity contribution in [1.82, 2.24) is 0 Å². The normalized spacial score (nSPS) is 18.9. The van der Waals surface area contributed by atoms with Crippen LogP contribution in [0.25, 0.3) is 44.3 Å². The molecule has 0 amide bonds. The third kappa shape index (κ3) is 3.23. The Kier molecular flexibility index (Phi) is 3.69. The second-order valence-corrected chi connectivity index (χ2v) is 9.77. The molecule has 5 aromatic rings. The van der Waals surface area contributed by atoms with Crippen LogP contribution in [0.3, 0.4) is 0 Å². The summed E-state index contributed by atoms with van der Waals surface area (Å²) in [5.74, 6) is 0. The van der Waals surface area contributed by atoms with E-state index in [1.807, 2.05) is 55.1 Å². The number of furan rings is 1. The van der Waals surface area contributed by atoms with Gasteiger partial charge in [0.1, 0.15) is 24.3 Å². The van der Waals surface area contributed by atoms with E-state index in [4.69, 9.17) is 15.6 Å². The molecule has 3 aromatic carbocycles. The summed E-state index contributed by atoms with van der Waals surface area (Å²) >= 11 is 0. The van der Waals surface area contributed by atoms with Crippen molar-refractivity contribution in [3.63, 3.8) is 0 Å². The van der Waals surface area contributed by atoms with Crippen LogP contribution in [0, 0.1) is 23.7 Å². The van der Waals surface area contributed by atoms with E-state index in [9.17, 15) is 5.26 Å². The van der Waals surface area contributed by atoms with Crippen LogP contribution in [0.4, 0.5) is 5.69 Å². The molecule has 35 heavy (non-hydrogen) atoms. The summed E-state index contributed by atoms with van der Waals surface area (Å²) in [4.78, 5) is 0. The van der Waals surface area contributed by atoms with Crippen LogP contribution < -0.4 is 10.3 Å². The number of fused-ring (bicyclic) bond motifs is 4. The summed E-state index contributed by atoms with van der Waals surface area (Å²) in [6, 6.07) is 19.0. The van der Waals surface area contributed by atoms with Gasteiger partial charge in [-0.1, -0.05) is 44.2 Å². The lowest BCUT2D eigenvalue weighted by Gasteiger charge is -2.14. The maximum absolute atomic E-state index is 10.2. The summed E-state index contributed by atoms with van der Waals surface area (Å²) in [6.45, 7) is 5.25. The Morgan fingerprint density at radius 3 is 2.54 bits per heavy atom. The Hall–Kier alpha value is -4.10. The van der Waals surface area contributed by atoms with Crippen LogP contribution >= 0.6 is 0 Å². The molecule has 0 atom stereocenters. The smallest absolute Gasteiger partial charge is 0.216 e. The highest BCUT2D eigenvalue weighted by Crippen LogP contribution is 2.45. The van der Waals surface area contributed by atoms with Crippen molar-refractivity contribution in [2.45, 2.75) is 33.5 Å². The minimum absolute atomic E-state index is 0.242. The van der Waals surface area contributed by atoms with Gasteiger partial charge in [-0.05, 0) is 59.5 Å². The lowest BCUT2D eigenvalue weighted by molar-refractivity contribution is -0.660. The molecule has 0 saturated heterocycles. The molecule has 0 fully saturated rings. The number of hydrogen-bond acceptors (Lipinski definition) is 3. The van der Waals surface area contributed by atoms with Crippen LogP contribution in [0.1, 0.15) is 41.6 Å². The predicted octanol–water partition coefficient (Wildman–Crippen LogP) is 6.63. The minimum Gasteiger partial charge on any atom is -0.454 e. The molecule has 6 rings (SSSR count). The van der Waals surface area contributed by atoms with Gasteiger partial charge in [0.05, 0.1) is 16.8 Å². The molecular weight excluding hydrogens is 430 g/mol. The zero-order valence-corrected chi connectivity index (χ0v) is 20.2. The summed E-state index contributed by atoms with van der Waals surface area (Å²) in [5, 5.41) is 11.8. The van der Waals surface area contributed by atoms with Crippen molar-refractivity contribution in [3.8, 4) is 28.5 Å². The van der Waals surface area contributed by atoms with E-state index in [1.54, 1.807) is 38.1 Å². The van der Waals surface area contributed by atoms with Gasteiger partial charge < -0.3 is 10.2 Å². The number of nitrogens with zero attached hydrogens (tertiary/aromatic N) is 2. The predicted molar refractivity (Wildman–Crippen MR) is 141 cm³/mol. The largest absolute Gasteiger partial charge is 0.454 e. The fourth-order valence-electron chi connectivity index (χ4n) is 5.21. The molecule has 1 aliphatic carbocycles. The van der Waals surface area contributed by atoms with E-state index < -0.39 is 18.2 Å². The van der Waals surface area contributed by atoms with Gasteiger partial charge in [0, 0.05) is 34.0 Å². The second kappa shape index (κ2) is 7.45. The molecule has 2 aromatic heterocycles. The zero-order chi connectivity index (χ0) is 28.1. The first-order chi connectivity index (χ1) is 18.3. The number of nitrogen functional groups attached to an aromatic ring is 1. The fraction of sp³-hybridized carbons (Fsp3) is 0.226. The van der Waals surface area contributed by atoms with Crippen molar-refractivity contribution in [1.29, 1.82) is 5.26 Å². The molecule has 4 heteroatoms. The van der Waals surface area contributed by atoms with Crippen LogP contribution in [-0.2, 0) is 19.8 Å². The second-order valence-electron chi connectivity index (χ2n) is 9.77. The zero-order valence-electron chi connectivity index (χ0n) is 24.2. The van der Waals surface area contributed by atoms with Crippen LogP contribution in [0.5, 0.6) is 0 Å². The van der Waals surface area contributed by atoms with E-state index in [0.29, 0.717) is 33.5 Å². The summed E-state index contributed by atoms with van der Waals surface area (Å²) in [6.07, 6.45) is -1.83. The first-order valence-corrected chi connectivity index (χ1v) is 11.6. The summed E-state index contributed by atoms with van der Waals surface area (Å²) in [5.41, 5.74) is 11.4. The highest BCUT2D eigenvalue weighted by molar-refractivity contribution is 6.15. The van der Waals surface area contributed by atoms with E-state index >= 15 is 0 Å². The number of hydrogen-bond donors (Lipinski definition) is 1. The van der Waals surface area contributed by atoms with Gasteiger partial charge in [0.25, 0.3) is 0 Å². The molecule has 0 unspecified atom stereocenters. The molecule has 1 aliphatic rings. The van der Waals surface area contributed by atoms with Crippen molar-refractivity contribution in [2.75, 3.05) is 5.73 Å². The molecule has 0 saturated carbocycles. The number of nitrogens with two attached hydrogens (primary N) is 1. The fourth-order valence-corrected chi connectivity index (χ4v) is 5.21. The van der Waals surface area contributed by atoms with Crippen molar-refractivity contribution in [3.05, 3.63) is 83.0 Å². The maximum Gasteiger partial charge on any atom is 0.216 e. The molecular formula is C31H28N3O+. The highest BCUT2D eigenvalue weighted by Gasteiger charge is 2.29. The average molecular weight is 463 g/mol. The van der Waals surface area contributed by atoms with Gasteiger partial charge in [0.15, 0.2) is 6.20 Å². The number of aromatic nitrogens is 1. The minimum atomic E-state index is -1.94. The number of anilines is 1. The molecule has 2 N–H and O–H groups in total. The van der Waals surface area contributed by atoms with Crippen molar-refractivity contribution >= 4 is 27.6 Å². The monoisotopic (exact) mass is 462 g/mol. The van der Waals surface area contributed by atoms with E-state index in [1.165, 1.54) is 0 Å². The number of pyridine rings is 1. The number of nitriles is 1. The first kappa shape index (κ1) is 17.4. The van der Waals surface area contributed by atoms with Gasteiger partial charge in [-0.15, -0.1) is 0 Å². The first-order valence-electron chi connectivity index (χ1n) is 13.6. The third-order valence-corrected chi connectivity index (χ3v) is 6.80. The molecule has 2 heterocycles. The van der Waals surface area contributed by atoms with Crippen LogP contribution in [0.15, 0.2) is 65.2 Å². The Balaban J connectivity index is 1.71. The molecule has 0 bridgehead atoms. The number of benzene rings is 3. The van der Waals surface area contributed by atoms with Gasteiger partial charge in [0.2, 0.25) is 5.69 Å². The summed E-state index contributed by atoms with van der Waals surface area (Å²) in [7, 11) is 1.98. The van der Waals surface area contributed by atoms with Gasteiger partial charge in [-0.25, -0.2) is 4.57 Å². The van der Waals surface area contributed by atoms with E-state index in [-0.39, 0.29) is 11.1 Å². The quantitative estimate of drug-likeness (QED) is 0.236. The Morgan fingerprint density at radius 2 is 1.77 bits per heavy atom. The molecule has 172 valence electrons. The third-order valence-electron chi connectivity index (χ3n) is 6.80. The highest BCUT2D eigenvalue weighted by atomic mass is 16.3.